The van der Waals surface area contributed by atoms with Gasteiger partial charge in [-0.15, -0.1) is 0 Å². The van der Waals surface area contributed by atoms with E-state index in [2.05, 4.69) is 17.3 Å². The number of aliphatic hydroxyl groups is 1. The van der Waals surface area contributed by atoms with Crippen LogP contribution < -0.4 is 5.32 Å². The Morgan fingerprint density at radius 2 is 2.20 bits per heavy atom. The molecule has 0 spiro atoms. The van der Waals surface area contributed by atoms with Gasteiger partial charge in [-0.1, -0.05) is 0 Å². The lowest BCUT2D eigenvalue weighted by Crippen LogP contribution is -2.33. The minimum Gasteiger partial charge on any atom is -0.394 e. The summed E-state index contributed by atoms with van der Waals surface area (Å²) >= 11 is 0. The number of ether oxygens (including phenoxy) is 1. The smallest absolute Gasteiger partial charge is 0.0698 e. The molecule has 1 aliphatic rings. The van der Waals surface area contributed by atoms with E-state index in [0.717, 1.165) is 6.54 Å². The van der Waals surface area contributed by atoms with E-state index >= 15 is 0 Å². The van der Waals surface area contributed by atoms with Crippen LogP contribution in [0.2, 0.25) is 0 Å². The van der Waals surface area contributed by atoms with E-state index < -0.39 is 0 Å². The maximum atomic E-state index is 8.53. The number of aliphatic hydroxyl groups excluding tert-OH is 1. The van der Waals surface area contributed by atoms with Crippen LogP contribution in [0.1, 0.15) is 19.3 Å². The van der Waals surface area contributed by atoms with Crippen molar-refractivity contribution in [1.82, 2.24) is 10.2 Å². The van der Waals surface area contributed by atoms with Crippen LogP contribution in [0, 0.1) is 0 Å². The van der Waals surface area contributed by atoms with Crippen LogP contribution in [0.4, 0.5) is 0 Å². The minimum atomic E-state index is 0.119. The van der Waals surface area contributed by atoms with Gasteiger partial charge >= 0.3 is 0 Å². The highest BCUT2D eigenvalue weighted by Gasteiger charge is 2.13. The lowest BCUT2D eigenvalue weighted by molar-refractivity contribution is 0.0923. The van der Waals surface area contributed by atoms with E-state index in [1.54, 1.807) is 0 Å². The SMILES string of the molecule is CN1CCCC(NCCOCCO)CC1. The van der Waals surface area contributed by atoms with Gasteiger partial charge in [0.2, 0.25) is 0 Å². The van der Waals surface area contributed by atoms with Crippen LogP contribution in [0.3, 0.4) is 0 Å². The van der Waals surface area contributed by atoms with Crippen molar-refractivity contribution in [1.29, 1.82) is 0 Å². The third-order valence-electron chi connectivity index (χ3n) is 2.87. The Hall–Kier alpha value is -0.160. The van der Waals surface area contributed by atoms with Crippen molar-refractivity contribution in [2.75, 3.05) is 46.5 Å². The maximum Gasteiger partial charge on any atom is 0.0698 e. The number of hydrogen-bond donors (Lipinski definition) is 2. The summed E-state index contributed by atoms with van der Waals surface area (Å²) in [6.07, 6.45) is 3.78. The molecule has 0 bridgehead atoms. The van der Waals surface area contributed by atoms with Gasteiger partial charge in [-0.2, -0.15) is 0 Å². The second kappa shape index (κ2) is 8.05. The summed E-state index contributed by atoms with van der Waals surface area (Å²) in [5, 5.41) is 12.0. The van der Waals surface area contributed by atoms with Crippen molar-refractivity contribution in [3.8, 4) is 0 Å². The monoisotopic (exact) mass is 216 g/mol. The first-order valence-corrected chi connectivity index (χ1v) is 5.93. The molecule has 4 nitrogen and oxygen atoms in total. The molecule has 0 amide bonds. The topological polar surface area (TPSA) is 44.7 Å². The van der Waals surface area contributed by atoms with Crippen LogP contribution in [0.5, 0.6) is 0 Å². The zero-order chi connectivity index (χ0) is 10.9. The van der Waals surface area contributed by atoms with E-state index in [9.17, 15) is 0 Å². The van der Waals surface area contributed by atoms with Crippen molar-refractivity contribution in [3.63, 3.8) is 0 Å². The second-order valence-electron chi connectivity index (χ2n) is 4.22. The Bertz CT molecular complexity index is 156. The van der Waals surface area contributed by atoms with Crippen LogP contribution in [-0.2, 0) is 4.74 Å². The number of hydrogen-bond acceptors (Lipinski definition) is 4. The van der Waals surface area contributed by atoms with E-state index in [4.69, 9.17) is 9.84 Å². The fraction of sp³-hybridized carbons (Fsp3) is 1.00. The average molecular weight is 216 g/mol. The third-order valence-corrected chi connectivity index (χ3v) is 2.87. The van der Waals surface area contributed by atoms with E-state index in [1.807, 2.05) is 0 Å². The van der Waals surface area contributed by atoms with Crippen LogP contribution >= 0.6 is 0 Å². The van der Waals surface area contributed by atoms with Gasteiger partial charge in [0, 0.05) is 12.6 Å². The Kier molecular flexibility index (Phi) is 6.92. The molecule has 0 aromatic rings. The molecule has 2 N–H and O–H groups in total. The highest BCUT2D eigenvalue weighted by atomic mass is 16.5. The fourth-order valence-electron chi connectivity index (χ4n) is 1.95. The summed E-state index contributed by atoms with van der Waals surface area (Å²) in [7, 11) is 2.19. The van der Waals surface area contributed by atoms with Crippen molar-refractivity contribution in [2.24, 2.45) is 0 Å². The van der Waals surface area contributed by atoms with Crippen molar-refractivity contribution in [3.05, 3.63) is 0 Å². The van der Waals surface area contributed by atoms with E-state index in [1.165, 1.54) is 32.4 Å². The minimum absolute atomic E-state index is 0.119. The predicted octanol–water partition coefficient (Wildman–Crippen LogP) is 0.0692. The molecule has 1 atom stereocenters. The van der Waals surface area contributed by atoms with E-state index in [-0.39, 0.29) is 6.61 Å². The Balaban J connectivity index is 2.00. The van der Waals surface area contributed by atoms with Crippen molar-refractivity contribution in [2.45, 2.75) is 25.3 Å². The summed E-state index contributed by atoms with van der Waals surface area (Å²) in [4.78, 5) is 2.39. The number of likely N-dealkylation sites (tertiary alicyclic amines) is 1. The largest absolute Gasteiger partial charge is 0.394 e. The molecule has 90 valence electrons. The van der Waals surface area contributed by atoms with Gasteiger partial charge in [-0.3, -0.25) is 0 Å². The molecule has 1 rings (SSSR count). The molecule has 1 fully saturated rings. The summed E-state index contributed by atoms with van der Waals surface area (Å²) < 4.78 is 5.20. The van der Waals surface area contributed by atoms with Gasteiger partial charge in [-0.05, 0) is 39.4 Å². The Morgan fingerprint density at radius 1 is 1.33 bits per heavy atom. The Morgan fingerprint density at radius 3 is 3.00 bits per heavy atom. The molecular formula is C11H24N2O2. The standard InChI is InChI=1S/C11H24N2O2/c1-13-6-2-3-11(4-7-13)12-5-9-15-10-8-14/h11-12,14H,2-10H2,1H3. The molecule has 1 unspecified atom stereocenters. The normalized spacial score (nSPS) is 24.0. The first kappa shape index (κ1) is 12.9. The van der Waals surface area contributed by atoms with Crippen LogP contribution in [0.25, 0.3) is 0 Å². The van der Waals surface area contributed by atoms with E-state index in [0.29, 0.717) is 19.3 Å². The highest BCUT2D eigenvalue weighted by molar-refractivity contribution is 4.73. The first-order valence-electron chi connectivity index (χ1n) is 5.93. The molecule has 1 heterocycles. The lowest BCUT2D eigenvalue weighted by Gasteiger charge is -2.16. The quantitative estimate of drug-likeness (QED) is 0.617. The zero-order valence-electron chi connectivity index (χ0n) is 9.74. The summed E-state index contributed by atoms with van der Waals surface area (Å²) in [5.74, 6) is 0. The number of nitrogens with one attached hydrogen (secondary N) is 1. The Labute approximate surface area is 92.6 Å². The third kappa shape index (κ3) is 6.10. The number of rotatable bonds is 6. The van der Waals surface area contributed by atoms with Gasteiger partial charge in [0.15, 0.2) is 0 Å². The highest BCUT2D eigenvalue weighted by Crippen LogP contribution is 2.08. The van der Waals surface area contributed by atoms with Gasteiger partial charge < -0.3 is 20.1 Å². The van der Waals surface area contributed by atoms with Crippen LogP contribution in [-0.4, -0.2) is 62.6 Å². The second-order valence-corrected chi connectivity index (χ2v) is 4.22. The maximum absolute atomic E-state index is 8.53. The predicted molar refractivity (Wildman–Crippen MR) is 61.0 cm³/mol. The number of nitrogens with zero attached hydrogens (tertiary/aromatic N) is 1. The molecule has 0 aliphatic carbocycles. The molecule has 1 saturated heterocycles. The first-order chi connectivity index (χ1) is 7.33. The van der Waals surface area contributed by atoms with Gasteiger partial charge in [0.1, 0.15) is 0 Å². The lowest BCUT2D eigenvalue weighted by atomic mass is 10.1. The van der Waals surface area contributed by atoms with Crippen molar-refractivity contribution < 1.29 is 9.84 Å². The van der Waals surface area contributed by atoms with Crippen LogP contribution in [0.15, 0.2) is 0 Å². The summed E-state index contributed by atoms with van der Waals surface area (Å²) in [6, 6.07) is 0.646. The zero-order valence-corrected chi connectivity index (χ0v) is 9.74. The van der Waals surface area contributed by atoms with Crippen molar-refractivity contribution >= 4 is 0 Å². The molecule has 15 heavy (non-hydrogen) atoms. The molecular weight excluding hydrogens is 192 g/mol. The molecule has 0 radical (unpaired) electrons. The molecule has 0 aromatic carbocycles. The summed E-state index contributed by atoms with van der Waals surface area (Å²) in [5.41, 5.74) is 0. The molecule has 1 aliphatic heterocycles. The average Bonchev–Trinajstić information content (AvgIpc) is 2.43. The fourth-order valence-corrected chi connectivity index (χ4v) is 1.95. The molecule has 4 heteroatoms. The van der Waals surface area contributed by atoms with Gasteiger partial charge in [0.25, 0.3) is 0 Å². The summed E-state index contributed by atoms with van der Waals surface area (Å²) in [6.45, 7) is 4.58. The molecule has 0 saturated carbocycles. The molecule has 0 aromatic heterocycles. The van der Waals surface area contributed by atoms with Gasteiger partial charge in [0.05, 0.1) is 19.8 Å². The van der Waals surface area contributed by atoms with Gasteiger partial charge in [-0.25, -0.2) is 0 Å².